The van der Waals surface area contributed by atoms with E-state index in [0.717, 1.165) is 0 Å². The molecular formula is C18H15FN4O3. The van der Waals surface area contributed by atoms with Crippen LogP contribution in [0.15, 0.2) is 53.3 Å². The van der Waals surface area contributed by atoms with Gasteiger partial charge in [0.1, 0.15) is 11.6 Å². The standard InChI is InChI=1S/C18H15FN4O3/c1-26-15-4-2-3-14(9-15)21-11-16-20-17(24)22(23(16)18(21)25)10-12-5-7-13(19)8-6-12/h2-9H,10-11H2,1H3. The Morgan fingerprint density at radius 2 is 1.92 bits per heavy atom. The first-order valence-electron chi connectivity index (χ1n) is 7.96. The number of halogens is 1. The van der Waals surface area contributed by atoms with Crippen LogP contribution in [0, 0.1) is 5.82 Å². The topological polar surface area (TPSA) is 69.4 Å². The largest absolute Gasteiger partial charge is 0.497 e. The summed E-state index contributed by atoms with van der Waals surface area (Å²) in [5.74, 6) is 0.633. The molecule has 0 atom stereocenters. The lowest BCUT2D eigenvalue weighted by Crippen LogP contribution is -2.34. The van der Waals surface area contributed by atoms with E-state index < -0.39 is 5.69 Å². The predicted molar refractivity (Wildman–Crippen MR) is 92.0 cm³/mol. The second-order valence-corrected chi connectivity index (χ2v) is 5.88. The Hall–Kier alpha value is -3.42. The van der Waals surface area contributed by atoms with Crippen molar-refractivity contribution in [3.8, 4) is 5.75 Å². The van der Waals surface area contributed by atoms with Crippen molar-refractivity contribution >= 4 is 11.7 Å². The van der Waals surface area contributed by atoms with Crippen LogP contribution in [-0.4, -0.2) is 27.5 Å². The van der Waals surface area contributed by atoms with E-state index in [1.54, 1.807) is 43.5 Å². The van der Waals surface area contributed by atoms with Crippen molar-refractivity contribution in [1.29, 1.82) is 0 Å². The lowest BCUT2D eigenvalue weighted by atomic mass is 10.2. The second kappa shape index (κ2) is 6.14. The zero-order valence-electron chi connectivity index (χ0n) is 13.9. The quantitative estimate of drug-likeness (QED) is 0.720. The Morgan fingerprint density at radius 3 is 2.65 bits per heavy atom. The molecule has 0 aliphatic carbocycles. The van der Waals surface area contributed by atoms with Gasteiger partial charge in [-0.1, -0.05) is 18.2 Å². The van der Waals surface area contributed by atoms with Gasteiger partial charge in [-0.2, -0.15) is 9.67 Å². The summed E-state index contributed by atoms with van der Waals surface area (Å²) in [7, 11) is 1.55. The molecule has 3 aromatic rings. The highest BCUT2D eigenvalue weighted by atomic mass is 19.1. The first-order valence-corrected chi connectivity index (χ1v) is 7.96. The van der Waals surface area contributed by atoms with Gasteiger partial charge < -0.3 is 4.74 Å². The molecule has 0 N–H and O–H groups in total. The highest BCUT2D eigenvalue weighted by Crippen LogP contribution is 2.26. The van der Waals surface area contributed by atoms with E-state index in [1.165, 1.54) is 26.4 Å². The molecule has 0 unspecified atom stereocenters. The molecule has 1 aromatic heterocycles. The molecule has 2 heterocycles. The molecule has 2 aromatic carbocycles. The maximum atomic E-state index is 13.1. The fourth-order valence-corrected chi connectivity index (χ4v) is 2.96. The summed E-state index contributed by atoms with van der Waals surface area (Å²) in [6, 6.07) is 12.5. The molecule has 0 saturated carbocycles. The number of benzene rings is 2. The van der Waals surface area contributed by atoms with Crippen molar-refractivity contribution in [2.75, 3.05) is 12.0 Å². The molecule has 1 aliphatic heterocycles. The lowest BCUT2D eigenvalue weighted by Gasteiger charge is -2.16. The molecule has 0 saturated heterocycles. The summed E-state index contributed by atoms with van der Waals surface area (Å²) in [5, 5.41) is 0. The molecule has 132 valence electrons. The SMILES string of the molecule is COc1cccc(N2Cc3nc(=O)n(Cc4ccc(F)cc4)n3C2=O)c1. The fourth-order valence-electron chi connectivity index (χ4n) is 2.96. The van der Waals surface area contributed by atoms with Gasteiger partial charge in [0.15, 0.2) is 5.82 Å². The number of hydrogen-bond donors (Lipinski definition) is 0. The molecule has 0 bridgehead atoms. The minimum absolute atomic E-state index is 0.129. The van der Waals surface area contributed by atoms with Gasteiger partial charge >= 0.3 is 11.7 Å². The average molecular weight is 354 g/mol. The Labute approximate surface area is 147 Å². The highest BCUT2D eigenvalue weighted by molar-refractivity contribution is 5.95. The van der Waals surface area contributed by atoms with Gasteiger partial charge in [-0.3, -0.25) is 4.90 Å². The minimum atomic E-state index is -0.511. The van der Waals surface area contributed by atoms with E-state index in [1.807, 2.05) is 0 Å². The van der Waals surface area contributed by atoms with Crippen molar-refractivity contribution in [3.63, 3.8) is 0 Å². The minimum Gasteiger partial charge on any atom is -0.497 e. The molecule has 0 fully saturated rings. The summed E-state index contributed by atoms with van der Waals surface area (Å²) in [4.78, 5) is 30.5. The fraction of sp³-hybridized carbons (Fsp3) is 0.167. The van der Waals surface area contributed by atoms with Gasteiger partial charge in [0.05, 0.1) is 20.2 Å². The van der Waals surface area contributed by atoms with Gasteiger partial charge in [-0.05, 0) is 29.8 Å². The molecule has 1 amide bonds. The van der Waals surface area contributed by atoms with Gasteiger partial charge in [-0.25, -0.2) is 18.7 Å². The zero-order chi connectivity index (χ0) is 18.3. The summed E-state index contributed by atoms with van der Waals surface area (Å²) < 4.78 is 20.8. The number of ether oxygens (including phenoxy) is 1. The van der Waals surface area contributed by atoms with Crippen molar-refractivity contribution in [2.24, 2.45) is 0 Å². The third kappa shape index (κ3) is 2.65. The molecule has 1 aliphatic rings. The van der Waals surface area contributed by atoms with Gasteiger partial charge in [-0.15, -0.1) is 0 Å². The molecule has 0 spiro atoms. The van der Waals surface area contributed by atoms with E-state index in [9.17, 15) is 14.0 Å². The zero-order valence-corrected chi connectivity index (χ0v) is 13.9. The Balaban J connectivity index is 1.68. The summed E-state index contributed by atoms with van der Waals surface area (Å²) in [6.07, 6.45) is 0. The number of rotatable bonds is 4. The van der Waals surface area contributed by atoms with Crippen LogP contribution in [0.25, 0.3) is 0 Å². The van der Waals surface area contributed by atoms with Gasteiger partial charge in [0.25, 0.3) is 0 Å². The monoisotopic (exact) mass is 354 g/mol. The van der Waals surface area contributed by atoms with Crippen LogP contribution < -0.4 is 15.3 Å². The predicted octanol–water partition coefficient (Wildman–Crippen LogP) is 2.23. The van der Waals surface area contributed by atoms with Crippen LogP contribution in [0.3, 0.4) is 0 Å². The van der Waals surface area contributed by atoms with E-state index in [-0.39, 0.29) is 24.9 Å². The van der Waals surface area contributed by atoms with Crippen LogP contribution in [0.1, 0.15) is 11.4 Å². The number of amides is 1. The van der Waals surface area contributed by atoms with E-state index in [4.69, 9.17) is 4.74 Å². The molecular weight excluding hydrogens is 339 g/mol. The molecule has 8 heteroatoms. The Bertz CT molecular complexity index is 1040. The maximum Gasteiger partial charge on any atom is 0.364 e. The lowest BCUT2D eigenvalue weighted by molar-refractivity contribution is 0.244. The Morgan fingerprint density at radius 1 is 1.15 bits per heavy atom. The van der Waals surface area contributed by atoms with Gasteiger partial charge in [0.2, 0.25) is 0 Å². The third-order valence-corrected chi connectivity index (χ3v) is 4.25. The van der Waals surface area contributed by atoms with E-state index >= 15 is 0 Å². The number of anilines is 1. The molecule has 0 radical (unpaired) electrons. The number of carbonyl (C=O) groups excluding carboxylic acids is 1. The van der Waals surface area contributed by atoms with Crippen molar-refractivity contribution in [1.82, 2.24) is 14.3 Å². The summed E-state index contributed by atoms with van der Waals surface area (Å²) >= 11 is 0. The first kappa shape index (κ1) is 16.1. The second-order valence-electron chi connectivity index (χ2n) is 5.88. The molecule has 7 nitrogen and oxygen atoms in total. The van der Waals surface area contributed by atoms with Crippen LogP contribution in [0.4, 0.5) is 14.9 Å². The summed E-state index contributed by atoms with van der Waals surface area (Å²) in [6.45, 7) is 0.321. The number of hydrogen-bond acceptors (Lipinski definition) is 4. The third-order valence-electron chi connectivity index (χ3n) is 4.25. The van der Waals surface area contributed by atoms with Crippen LogP contribution in [-0.2, 0) is 13.1 Å². The molecule has 4 rings (SSSR count). The highest BCUT2D eigenvalue weighted by Gasteiger charge is 2.33. The average Bonchev–Trinajstić information content (AvgIpc) is 3.13. The number of carbonyl (C=O) groups is 1. The number of methoxy groups -OCH3 is 1. The number of aromatic nitrogens is 3. The van der Waals surface area contributed by atoms with Crippen molar-refractivity contribution in [3.05, 3.63) is 76.2 Å². The van der Waals surface area contributed by atoms with Gasteiger partial charge in [0, 0.05) is 11.8 Å². The number of nitrogens with zero attached hydrogens (tertiary/aromatic N) is 4. The van der Waals surface area contributed by atoms with Crippen LogP contribution in [0.5, 0.6) is 5.75 Å². The Kier molecular flexibility index (Phi) is 3.80. The van der Waals surface area contributed by atoms with Crippen LogP contribution in [0.2, 0.25) is 0 Å². The normalized spacial score (nSPS) is 13.2. The summed E-state index contributed by atoms with van der Waals surface area (Å²) in [5.41, 5.74) is 0.840. The number of fused-ring (bicyclic) bond motifs is 1. The smallest absolute Gasteiger partial charge is 0.364 e. The van der Waals surface area contributed by atoms with Crippen molar-refractivity contribution in [2.45, 2.75) is 13.1 Å². The first-order chi connectivity index (χ1) is 12.6. The van der Waals surface area contributed by atoms with Crippen molar-refractivity contribution < 1.29 is 13.9 Å². The molecule has 26 heavy (non-hydrogen) atoms. The van der Waals surface area contributed by atoms with E-state index in [0.29, 0.717) is 22.8 Å². The maximum absolute atomic E-state index is 13.1. The van der Waals surface area contributed by atoms with Crippen LogP contribution >= 0.6 is 0 Å². The van der Waals surface area contributed by atoms with E-state index in [2.05, 4.69) is 4.98 Å².